The van der Waals surface area contributed by atoms with E-state index in [-0.39, 0.29) is 16.3 Å². The van der Waals surface area contributed by atoms with E-state index < -0.39 is 22.3 Å². The fourth-order valence-electron chi connectivity index (χ4n) is 1.56. The number of nitro benzene ring substituents is 1. The maximum Gasteiger partial charge on any atom is 0.312 e. The predicted molar refractivity (Wildman–Crippen MR) is 83.3 cm³/mol. The van der Waals surface area contributed by atoms with E-state index in [9.17, 15) is 20.0 Å². The Morgan fingerprint density at radius 3 is 2.82 bits per heavy atom. The zero-order chi connectivity index (χ0) is 16.3. The van der Waals surface area contributed by atoms with Crippen LogP contribution in [-0.2, 0) is 0 Å². The molecule has 114 valence electrons. The molecule has 0 radical (unpaired) electrons. The lowest BCUT2D eigenvalue weighted by molar-refractivity contribution is -0.385. The first kappa shape index (κ1) is 16.0. The Balaban J connectivity index is 2.17. The number of aromatic nitrogens is 1. The van der Waals surface area contributed by atoms with Crippen LogP contribution < -0.4 is 5.43 Å². The van der Waals surface area contributed by atoms with Crippen LogP contribution in [0.5, 0.6) is 5.75 Å². The second kappa shape index (κ2) is 6.58. The lowest BCUT2D eigenvalue weighted by Gasteiger charge is -2.01. The lowest BCUT2D eigenvalue weighted by atomic mass is 10.2. The SMILES string of the molecule is O=C(N/N=C\c1cc(Cl)cc([N+](=O)[O-])c1O)c1cc(Br)c[nH]1. The molecule has 0 atom stereocenters. The summed E-state index contributed by atoms with van der Waals surface area (Å²) in [6.45, 7) is 0. The van der Waals surface area contributed by atoms with Gasteiger partial charge in [0.15, 0.2) is 0 Å². The highest BCUT2D eigenvalue weighted by atomic mass is 79.9. The Morgan fingerprint density at radius 2 is 2.23 bits per heavy atom. The number of hydrogen-bond acceptors (Lipinski definition) is 5. The van der Waals surface area contributed by atoms with Gasteiger partial charge in [-0.1, -0.05) is 11.6 Å². The Labute approximate surface area is 137 Å². The first-order valence-electron chi connectivity index (χ1n) is 5.72. The molecule has 0 saturated carbocycles. The number of rotatable bonds is 4. The molecule has 1 heterocycles. The monoisotopic (exact) mass is 386 g/mol. The minimum Gasteiger partial charge on any atom is -0.502 e. The molecule has 0 aliphatic rings. The molecule has 2 aromatic rings. The zero-order valence-electron chi connectivity index (χ0n) is 10.7. The van der Waals surface area contributed by atoms with Gasteiger partial charge < -0.3 is 10.1 Å². The summed E-state index contributed by atoms with van der Waals surface area (Å²) >= 11 is 8.91. The number of aromatic hydroxyl groups is 1. The Morgan fingerprint density at radius 1 is 1.50 bits per heavy atom. The Kier molecular flexibility index (Phi) is 4.78. The van der Waals surface area contributed by atoms with E-state index in [1.807, 2.05) is 0 Å². The highest BCUT2D eigenvalue weighted by molar-refractivity contribution is 9.10. The molecule has 1 amide bonds. The van der Waals surface area contributed by atoms with Crippen LogP contribution in [-0.4, -0.2) is 27.1 Å². The molecule has 0 aliphatic heterocycles. The lowest BCUT2D eigenvalue weighted by Crippen LogP contribution is -2.17. The number of carbonyl (C=O) groups excluding carboxylic acids is 1. The van der Waals surface area contributed by atoms with E-state index in [1.54, 1.807) is 12.3 Å². The third kappa shape index (κ3) is 3.62. The van der Waals surface area contributed by atoms with Gasteiger partial charge in [0, 0.05) is 27.3 Å². The van der Waals surface area contributed by atoms with Crippen LogP contribution in [0.3, 0.4) is 0 Å². The largest absolute Gasteiger partial charge is 0.502 e. The van der Waals surface area contributed by atoms with E-state index in [0.717, 1.165) is 12.3 Å². The minimum atomic E-state index is -0.770. The van der Waals surface area contributed by atoms with Gasteiger partial charge in [0.25, 0.3) is 5.91 Å². The van der Waals surface area contributed by atoms with Gasteiger partial charge in [0.05, 0.1) is 11.1 Å². The Hall–Kier alpha value is -2.39. The minimum absolute atomic E-state index is 0.00664. The van der Waals surface area contributed by atoms with Gasteiger partial charge in [-0.2, -0.15) is 5.10 Å². The molecule has 10 heteroatoms. The molecule has 2 rings (SSSR count). The summed E-state index contributed by atoms with van der Waals surface area (Å²) in [6, 6.07) is 3.85. The van der Waals surface area contributed by atoms with Crippen LogP contribution in [0.4, 0.5) is 5.69 Å². The molecule has 1 aromatic heterocycles. The summed E-state index contributed by atoms with van der Waals surface area (Å²) in [5, 5.41) is 24.2. The summed E-state index contributed by atoms with van der Waals surface area (Å²) < 4.78 is 0.699. The van der Waals surface area contributed by atoms with Gasteiger partial charge in [0.1, 0.15) is 5.69 Å². The maximum absolute atomic E-state index is 11.7. The average Bonchev–Trinajstić information content (AvgIpc) is 2.88. The van der Waals surface area contributed by atoms with Crippen molar-refractivity contribution in [3.8, 4) is 5.75 Å². The van der Waals surface area contributed by atoms with Crippen LogP contribution in [0.1, 0.15) is 16.1 Å². The number of aromatic amines is 1. The van der Waals surface area contributed by atoms with Gasteiger partial charge >= 0.3 is 5.69 Å². The van der Waals surface area contributed by atoms with E-state index in [4.69, 9.17) is 11.6 Å². The normalized spacial score (nSPS) is 10.8. The first-order chi connectivity index (χ1) is 10.4. The third-order valence-corrected chi connectivity index (χ3v) is 3.22. The summed E-state index contributed by atoms with van der Waals surface area (Å²) in [5.74, 6) is -1.10. The summed E-state index contributed by atoms with van der Waals surface area (Å²) in [5.41, 5.74) is 1.94. The molecule has 3 N–H and O–H groups in total. The quantitative estimate of drug-likeness (QED) is 0.424. The van der Waals surface area contributed by atoms with E-state index in [0.29, 0.717) is 4.47 Å². The number of hydrogen-bond donors (Lipinski definition) is 3. The number of phenolic OH excluding ortho intramolecular Hbond substituents is 1. The van der Waals surface area contributed by atoms with Gasteiger partial charge in [0.2, 0.25) is 5.75 Å². The molecule has 0 bridgehead atoms. The van der Waals surface area contributed by atoms with Gasteiger partial charge in [-0.05, 0) is 28.1 Å². The number of phenols is 1. The van der Waals surface area contributed by atoms with Crippen LogP contribution in [0.25, 0.3) is 0 Å². The standard InChI is InChI=1S/C12H8BrClN4O4/c13-7-2-9(15-5-7)12(20)17-16-4-6-1-8(14)3-10(11(6)19)18(21)22/h1-5,15,19H,(H,17,20)/b16-4-. The number of amides is 1. The number of hydrazone groups is 1. The number of carbonyl (C=O) groups is 1. The molecule has 8 nitrogen and oxygen atoms in total. The predicted octanol–water partition coefficient (Wildman–Crippen LogP) is 2.81. The van der Waals surface area contributed by atoms with Gasteiger partial charge in [-0.25, -0.2) is 5.43 Å². The molecule has 0 aliphatic carbocycles. The molecule has 22 heavy (non-hydrogen) atoms. The van der Waals surface area contributed by atoms with Crippen molar-refractivity contribution in [1.82, 2.24) is 10.4 Å². The topological polar surface area (TPSA) is 121 Å². The van der Waals surface area contributed by atoms with Crippen molar-refractivity contribution in [1.29, 1.82) is 0 Å². The highest BCUT2D eigenvalue weighted by Crippen LogP contribution is 2.32. The van der Waals surface area contributed by atoms with E-state index in [1.165, 1.54) is 6.07 Å². The van der Waals surface area contributed by atoms with Crippen molar-refractivity contribution in [2.24, 2.45) is 5.10 Å². The molecule has 0 spiro atoms. The van der Waals surface area contributed by atoms with Crippen LogP contribution in [0, 0.1) is 10.1 Å². The second-order valence-electron chi connectivity index (χ2n) is 4.05. The number of H-pyrrole nitrogens is 1. The number of benzene rings is 1. The van der Waals surface area contributed by atoms with Crippen molar-refractivity contribution in [3.05, 3.63) is 55.3 Å². The van der Waals surface area contributed by atoms with Crippen LogP contribution in [0.2, 0.25) is 5.02 Å². The average molecular weight is 388 g/mol. The third-order valence-electron chi connectivity index (χ3n) is 2.54. The first-order valence-corrected chi connectivity index (χ1v) is 6.90. The molecular weight excluding hydrogens is 380 g/mol. The van der Waals surface area contributed by atoms with E-state index in [2.05, 4.69) is 31.4 Å². The molecular formula is C12H8BrClN4O4. The van der Waals surface area contributed by atoms with Crippen molar-refractivity contribution in [2.75, 3.05) is 0 Å². The van der Waals surface area contributed by atoms with Gasteiger partial charge in [-0.15, -0.1) is 0 Å². The van der Waals surface area contributed by atoms with Crippen molar-refractivity contribution in [2.45, 2.75) is 0 Å². The van der Waals surface area contributed by atoms with Crippen LogP contribution in [0.15, 0.2) is 34.0 Å². The van der Waals surface area contributed by atoms with E-state index >= 15 is 0 Å². The molecule has 0 saturated heterocycles. The summed E-state index contributed by atoms with van der Waals surface area (Å²) in [4.78, 5) is 24.4. The fourth-order valence-corrected chi connectivity index (χ4v) is 2.13. The molecule has 0 fully saturated rings. The van der Waals surface area contributed by atoms with Crippen molar-refractivity contribution < 1.29 is 14.8 Å². The van der Waals surface area contributed by atoms with Crippen LogP contribution >= 0.6 is 27.5 Å². The number of halogens is 2. The molecule has 0 unspecified atom stereocenters. The maximum atomic E-state index is 11.7. The van der Waals surface area contributed by atoms with Crippen molar-refractivity contribution in [3.63, 3.8) is 0 Å². The summed E-state index contributed by atoms with van der Waals surface area (Å²) in [7, 11) is 0. The smallest absolute Gasteiger partial charge is 0.312 e. The number of nitrogens with one attached hydrogen (secondary N) is 2. The van der Waals surface area contributed by atoms with Gasteiger partial charge in [-0.3, -0.25) is 14.9 Å². The molecule has 1 aromatic carbocycles. The Bertz CT molecular complexity index is 774. The summed E-state index contributed by atoms with van der Waals surface area (Å²) in [6.07, 6.45) is 2.63. The fraction of sp³-hybridized carbons (Fsp3) is 0. The number of nitrogens with zero attached hydrogens (tertiary/aromatic N) is 2. The number of nitro groups is 1. The highest BCUT2D eigenvalue weighted by Gasteiger charge is 2.17. The van der Waals surface area contributed by atoms with Crippen molar-refractivity contribution >= 4 is 45.3 Å². The zero-order valence-corrected chi connectivity index (χ0v) is 13.1. The second-order valence-corrected chi connectivity index (χ2v) is 5.40.